The number of benzene rings is 2. The zero-order valence-corrected chi connectivity index (χ0v) is 18.4. The first-order valence-corrected chi connectivity index (χ1v) is 10.7. The van der Waals surface area contributed by atoms with Crippen LogP contribution in [0.15, 0.2) is 42.5 Å². The largest absolute Gasteiger partial charge is 0.494 e. The van der Waals surface area contributed by atoms with E-state index in [1.165, 1.54) is 11.1 Å². The van der Waals surface area contributed by atoms with Crippen LogP contribution in [-0.4, -0.2) is 34.8 Å². The molecule has 4 rings (SSSR count). The highest BCUT2D eigenvalue weighted by Crippen LogP contribution is 2.23. The number of nitrogens with zero attached hydrogens (tertiary/aromatic N) is 2. The van der Waals surface area contributed by atoms with Gasteiger partial charge < -0.3 is 15.4 Å². The molecule has 1 aromatic heterocycles. The molecule has 7 nitrogen and oxygen atoms in total. The van der Waals surface area contributed by atoms with E-state index < -0.39 is 6.29 Å². The standard InChI is InChI=1S/C24H29N5O2/c1-5-31-18-9-10-21-19(13-18)15(3)25-23(27-21)29-24-26-16(4)20(22(30)28-24)12-17-8-6-7-14(2)11-17/h6-11,13,16,20,24,26H,5,12H2,1-4H3,(H,28,30)(H,25,27,29). The molecule has 0 radical (unpaired) electrons. The van der Waals surface area contributed by atoms with Crippen LogP contribution in [0.3, 0.4) is 0 Å². The molecule has 3 atom stereocenters. The lowest BCUT2D eigenvalue weighted by Gasteiger charge is -2.36. The molecule has 31 heavy (non-hydrogen) atoms. The van der Waals surface area contributed by atoms with Gasteiger partial charge >= 0.3 is 0 Å². The minimum absolute atomic E-state index is 0.00191. The lowest BCUT2D eigenvalue weighted by Crippen LogP contribution is -2.63. The molecule has 1 fully saturated rings. The van der Waals surface area contributed by atoms with Gasteiger partial charge in [0.15, 0.2) is 6.29 Å². The summed E-state index contributed by atoms with van der Waals surface area (Å²) in [5.74, 6) is 1.15. The summed E-state index contributed by atoms with van der Waals surface area (Å²) >= 11 is 0. The van der Waals surface area contributed by atoms with Gasteiger partial charge in [0, 0.05) is 11.4 Å². The number of aromatic nitrogens is 2. The lowest BCUT2D eigenvalue weighted by atomic mass is 9.90. The Kier molecular flexibility index (Phi) is 6.04. The van der Waals surface area contributed by atoms with Gasteiger partial charge in [-0.1, -0.05) is 29.8 Å². The van der Waals surface area contributed by atoms with Crippen molar-refractivity contribution >= 4 is 22.8 Å². The normalized spacial score (nSPS) is 21.0. The number of ether oxygens (including phenoxy) is 1. The summed E-state index contributed by atoms with van der Waals surface area (Å²) in [6.45, 7) is 8.61. The minimum atomic E-state index is -0.434. The second-order valence-corrected chi connectivity index (χ2v) is 8.09. The summed E-state index contributed by atoms with van der Waals surface area (Å²) in [4.78, 5) is 22.0. The van der Waals surface area contributed by atoms with Gasteiger partial charge in [-0.2, -0.15) is 0 Å². The highest BCUT2D eigenvalue weighted by molar-refractivity contribution is 5.83. The Morgan fingerprint density at radius 3 is 2.71 bits per heavy atom. The van der Waals surface area contributed by atoms with Crippen molar-refractivity contribution in [1.29, 1.82) is 0 Å². The Labute approximate surface area is 182 Å². The number of carbonyl (C=O) groups is 1. The van der Waals surface area contributed by atoms with Gasteiger partial charge in [-0.25, -0.2) is 9.97 Å². The molecule has 0 aliphatic carbocycles. The molecule has 2 aromatic carbocycles. The lowest BCUT2D eigenvalue weighted by molar-refractivity contribution is -0.128. The summed E-state index contributed by atoms with van der Waals surface area (Å²) in [6.07, 6.45) is 0.262. The van der Waals surface area contributed by atoms with Gasteiger partial charge in [-0.3, -0.25) is 10.1 Å². The number of carbonyl (C=O) groups excluding carboxylic acids is 1. The summed E-state index contributed by atoms with van der Waals surface area (Å²) in [7, 11) is 0. The third kappa shape index (κ3) is 4.77. The molecular weight excluding hydrogens is 390 g/mol. The Morgan fingerprint density at radius 1 is 1.13 bits per heavy atom. The Morgan fingerprint density at radius 2 is 1.97 bits per heavy atom. The fraction of sp³-hybridized carbons (Fsp3) is 0.375. The van der Waals surface area contributed by atoms with Crippen LogP contribution in [0.5, 0.6) is 5.75 Å². The van der Waals surface area contributed by atoms with Crippen LogP contribution in [0, 0.1) is 19.8 Å². The smallest absolute Gasteiger partial charge is 0.227 e. The molecule has 3 N–H and O–H groups in total. The Hall–Kier alpha value is -3.19. The second kappa shape index (κ2) is 8.89. The molecule has 2 heterocycles. The monoisotopic (exact) mass is 419 g/mol. The molecule has 7 heteroatoms. The summed E-state index contributed by atoms with van der Waals surface area (Å²) in [5, 5.41) is 10.6. The maximum atomic E-state index is 12.8. The van der Waals surface area contributed by atoms with Gasteiger partial charge in [0.1, 0.15) is 5.75 Å². The van der Waals surface area contributed by atoms with E-state index in [-0.39, 0.29) is 17.9 Å². The molecule has 1 aliphatic heterocycles. The van der Waals surface area contributed by atoms with Crippen LogP contribution in [0.1, 0.15) is 30.7 Å². The fourth-order valence-corrected chi connectivity index (χ4v) is 4.05. The highest BCUT2D eigenvalue weighted by Gasteiger charge is 2.33. The second-order valence-electron chi connectivity index (χ2n) is 8.09. The molecule has 162 valence electrons. The van der Waals surface area contributed by atoms with Gasteiger partial charge in [0.05, 0.1) is 23.7 Å². The quantitative estimate of drug-likeness (QED) is 0.568. The number of hydrogen-bond acceptors (Lipinski definition) is 6. The average molecular weight is 420 g/mol. The summed E-state index contributed by atoms with van der Waals surface area (Å²) in [6, 6.07) is 14.1. The molecule has 0 spiro atoms. The first-order valence-electron chi connectivity index (χ1n) is 10.7. The predicted octanol–water partition coefficient (Wildman–Crippen LogP) is 3.31. The van der Waals surface area contributed by atoms with Crippen molar-refractivity contribution in [3.63, 3.8) is 0 Å². The van der Waals surface area contributed by atoms with Crippen molar-refractivity contribution in [2.45, 2.75) is 46.4 Å². The van der Waals surface area contributed by atoms with E-state index >= 15 is 0 Å². The molecule has 3 aromatic rings. The van der Waals surface area contributed by atoms with E-state index in [0.29, 0.717) is 19.0 Å². The zero-order chi connectivity index (χ0) is 22.0. The zero-order valence-electron chi connectivity index (χ0n) is 18.4. The minimum Gasteiger partial charge on any atom is -0.494 e. The molecule has 1 amide bonds. The van der Waals surface area contributed by atoms with E-state index in [9.17, 15) is 4.79 Å². The number of nitrogens with one attached hydrogen (secondary N) is 3. The average Bonchev–Trinajstić information content (AvgIpc) is 2.72. The van der Waals surface area contributed by atoms with Crippen LogP contribution >= 0.6 is 0 Å². The van der Waals surface area contributed by atoms with Gasteiger partial charge in [-0.15, -0.1) is 0 Å². The number of rotatable bonds is 6. The number of aryl methyl sites for hydroxylation is 2. The predicted molar refractivity (Wildman–Crippen MR) is 122 cm³/mol. The van der Waals surface area contributed by atoms with Crippen LogP contribution in [0.25, 0.3) is 10.9 Å². The van der Waals surface area contributed by atoms with E-state index in [2.05, 4.69) is 51.0 Å². The van der Waals surface area contributed by atoms with Crippen LogP contribution < -0.4 is 20.7 Å². The van der Waals surface area contributed by atoms with Crippen molar-refractivity contribution in [3.05, 3.63) is 59.3 Å². The van der Waals surface area contributed by atoms with Gasteiger partial charge in [-0.05, 0) is 57.9 Å². The van der Waals surface area contributed by atoms with Crippen LogP contribution in [0.2, 0.25) is 0 Å². The van der Waals surface area contributed by atoms with E-state index in [0.717, 1.165) is 22.3 Å². The van der Waals surface area contributed by atoms with E-state index in [1.54, 1.807) is 0 Å². The van der Waals surface area contributed by atoms with Crippen molar-refractivity contribution in [1.82, 2.24) is 20.6 Å². The van der Waals surface area contributed by atoms with Crippen LogP contribution in [-0.2, 0) is 11.2 Å². The SMILES string of the molecule is CCOc1ccc2nc(NC3NC(=O)C(Cc4cccc(C)c4)C(C)N3)nc(C)c2c1. The van der Waals surface area contributed by atoms with E-state index in [1.807, 2.05) is 45.0 Å². The molecule has 1 aliphatic rings. The fourth-order valence-electron chi connectivity index (χ4n) is 4.05. The van der Waals surface area contributed by atoms with Crippen molar-refractivity contribution in [2.75, 3.05) is 11.9 Å². The Balaban J connectivity index is 1.46. The summed E-state index contributed by atoms with van der Waals surface area (Å²) < 4.78 is 5.57. The molecular formula is C24H29N5O2. The first kappa shape index (κ1) is 21.1. The molecule has 3 unspecified atom stereocenters. The van der Waals surface area contributed by atoms with Crippen molar-refractivity contribution in [2.24, 2.45) is 5.92 Å². The van der Waals surface area contributed by atoms with Crippen molar-refractivity contribution in [3.8, 4) is 5.75 Å². The molecule has 1 saturated heterocycles. The number of hydrogen-bond donors (Lipinski definition) is 3. The molecule has 0 saturated carbocycles. The van der Waals surface area contributed by atoms with Crippen molar-refractivity contribution < 1.29 is 9.53 Å². The topological polar surface area (TPSA) is 88.2 Å². The number of amides is 1. The number of anilines is 1. The Bertz CT molecular complexity index is 1100. The van der Waals surface area contributed by atoms with Crippen LogP contribution in [0.4, 0.5) is 5.95 Å². The highest BCUT2D eigenvalue weighted by atomic mass is 16.5. The van der Waals surface area contributed by atoms with E-state index in [4.69, 9.17) is 4.74 Å². The number of fused-ring (bicyclic) bond motifs is 1. The third-order valence-electron chi connectivity index (χ3n) is 5.64. The first-order chi connectivity index (χ1) is 14.9. The van der Waals surface area contributed by atoms with Gasteiger partial charge in [0.2, 0.25) is 11.9 Å². The molecule has 0 bridgehead atoms. The maximum absolute atomic E-state index is 12.8. The third-order valence-corrected chi connectivity index (χ3v) is 5.64. The summed E-state index contributed by atoms with van der Waals surface area (Å²) in [5.41, 5.74) is 4.04. The maximum Gasteiger partial charge on any atom is 0.227 e. The van der Waals surface area contributed by atoms with Gasteiger partial charge in [0.25, 0.3) is 0 Å².